The maximum atomic E-state index is 11.3. The summed E-state index contributed by atoms with van der Waals surface area (Å²) in [7, 11) is -8.05. The van der Waals surface area contributed by atoms with Crippen LogP contribution in [0.3, 0.4) is 0 Å². The molecule has 0 fully saturated rings. The van der Waals surface area contributed by atoms with Gasteiger partial charge in [0.1, 0.15) is 5.75 Å². The molecule has 0 bridgehead atoms. The summed E-state index contributed by atoms with van der Waals surface area (Å²) in [4.78, 5) is -1.51. The lowest BCUT2D eigenvalue weighted by atomic mass is 10.1. The molecular formula is C14H15N3O7S2. The Morgan fingerprint density at radius 1 is 0.923 bits per heavy atom. The van der Waals surface area contributed by atoms with E-state index < -0.39 is 30.0 Å². The van der Waals surface area contributed by atoms with Crippen LogP contribution in [0.4, 0.5) is 17.1 Å². The van der Waals surface area contributed by atoms with Crippen LogP contribution in [-0.2, 0) is 20.2 Å². The van der Waals surface area contributed by atoms with Crippen LogP contribution in [0.15, 0.2) is 50.4 Å². The van der Waals surface area contributed by atoms with Crippen LogP contribution >= 0.6 is 0 Å². The summed E-state index contributed by atoms with van der Waals surface area (Å²) in [5.74, 6) is 0.342. The van der Waals surface area contributed by atoms with Gasteiger partial charge in [0.25, 0.3) is 20.2 Å². The minimum Gasteiger partial charge on any atom is -0.495 e. The lowest BCUT2D eigenvalue weighted by Crippen LogP contribution is -2.03. The molecule has 0 aliphatic rings. The first-order valence-electron chi connectivity index (χ1n) is 6.88. The average Bonchev–Trinajstić information content (AvgIpc) is 2.52. The zero-order valence-electron chi connectivity index (χ0n) is 13.6. The number of ether oxygens (including phenoxy) is 1. The first kappa shape index (κ1) is 19.8. The van der Waals surface area contributed by atoms with Crippen molar-refractivity contribution in [2.45, 2.75) is 16.7 Å². The second-order valence-electron chi connectivity index (χ2n) is 5.19. The van der Waals surface area contributed by atoms with E-state index in [1.807, 2.05) is 0 Å². The largest absolute Gasteiger partial charge is 0.495 e. The monoisotopic (exact) mass is 401 g/mol. The normalized spacial score (nSPS) is 12.5. The highest BCUT2D eigenvalue weighted by Gasteiger charge is 2.18. The number of methoxy groups -OCH3 is 1. The predicted molar refractivity (Wildman–Crippen MR) is 92.4 cm³/mol. The highest BCUT2D eigenvalue weighted by Crippen LogP contribution is 2.32. The van der Waals surface area contributed by atoms with E-state index in [9.17, 15) is 16.8 Å². The molecule has 0 radical (unpaired) electrons. The number of aryl methyl sites for hydroxylation is 1. The van der Waals surface area contributed by atoms with Crippen molar-refractivity contribution in [3.05, 3.63) is 35.9 Å². The van der Waals surface area contributed by atoms with Crippen molar-refractivity contribution >= 4 is 37.3 Å². The van der Waals surface area contributed by atoms with E-state index in [2.05, 4.69) is 10.2 Å². The smallest absolute Gasteiger partial charge is 0.294 e. The molecule has 4 N–H and O–H groups in total. The van der Waals surface area contributed by atoms with Crippen LogP contribution in [0.25, 0.3) is 0 Å². The SMILES string of the molecule is COc1cc(N=Nc2cc(S(=O)(=O)O)cc(S(=O)(=O)O)c2)c(C)cc1N. The van der Waals surface area contributed by atoms with Gasteiger partial charge in [0.15, 0.2) is 0 Å². The highest BCUT2D eigenvalue weighted by molar-refractivity contribution is 7.86. The molecule has 2 rings (SSSR count). The number of anilines is 1. The molecule has 26 heavy (non-hydrogen) atoms. The molecular weight excluding hydrogens is 386 g/mol. The summed E-state index contributed by atoms with van der Waals surface area (Å²) in [6.45, 7) is 1.70. The summed E-state index contributed by atoms with van der Waals surface area (Å²) in [5.41, 5.74) is 6.89. The van der Waals surface area contributed by atoms with Gasteiger partial charge in [-0.15, -0.1) is 0 Å². The first-order chi connectivity index (χ1) is 11.9. The van der Waals surface area contributed by atoms with E-state index in [4.69, 9.17) is 19.6 Å². The molecule has 0 saturated heterocycles. The van der Waals surface area contributed by atoms with Crippen molar-refractivity contribution in [2.24, 2.45) is 10.2 Å². The summed E-state index contributed by atoms with van der Waals surface area (Å²) < 4.78 is 68.5. The quantitative estimate of drug-likeness (QED) is 0.390. The van der Waals surface area contributed by atoms with Gasteiger partial charge >= 0.3 is 0 Å². The first-order valence-corrected chi connectivity index (χ1v) is 9.76. The molecule has 0 amide bonds. The minimum atomic E-state index is -4.73. The molecule has 0 heterocycles. The van der Waals surface area contributed by atoms with Gasteiger partial charge in [-0.3, -0.25) is 9.11 Å². The second kappa shape index (κ2) is 6.99. The van der Waals surface area contributed by atoms with Gasteiger partial charge in [0, 0.05) is 6.07 Å². The maximum absolute atomic E-state index is 11.3. The average molecular weight is 401 g/mol. The molecule has 2 aromatic carbocycles. The Balaban J connectivity index is 2.58. The van der Waals surface area contributed by atoms with Crippen molar-refractivity contribution in [2.75, 3.05) is 12.8 Å². The minimum absolute atomic E-state index is 0.219. The summed E-state index contributed by atoms with van der Waals surface area (Å²) in [6.07, 6.45) is 0. The Morgan fingerprint density at radius 2 is 1.46 bits per heavy atom. The highest BCUT2D eigenvalue weighted by atomic mass is 32.2. The number of nitrogen functional groups attached to an aromatic ring is 1. The number of azo groups is 1. The third-order valence-electron chi connectivity index (χ3n) is 3.28. The molecule has 12 heteroatoms. The van der Waals surface area contributed by atoms with Crippen LogP contribution in [0.1, 0.15) is 5.56 Å². The Labute approximate surface area is 149 Å². The topological polar surface area (TPSA) is 169 Å². The van der Waals surface area contributed by atoms with E-state index in [1.54, 1.807) is 13.0 Å². The third kappa shape index (κ3) is 4.54. The number of nitrogens with zero attached hydrogens (tertiary/aromatic N) is 2. The molecule has 0 saturated carbocycles. The van der Waals surface area contributed by atoms with Gasteiger partial charge in [-0.25, -0.2) is 0 Å². The molecule has 0 unspecified atom stereocenters. The summed E-state index contributed by atoms with van der Waals surface area (Å²) in [6, 6.07) is 5.48. The fraction of sp³-hybridized carbons (Fsp3) is 0.143. The Hall–Kier alpha value is -2.54. The molecule has 140 valence electrons. The lowest BCUT2D eigenvalue weighted by molar-refractivity contribution is 0.417. The third-order valence-corrected chi connectivity index (χ3v) is 4.94. The zero-order valence-corrected chi connectivity index (χ0v) is 15.2. The molecule has 0 atom stereocenters. The lowest BCUT2D eigenvalue weighted by Gasteiger charge is -2.07. The second-order valence-corrected chi connectivity index (χ2v) is 8.04. The molecule has 0 spiro atoms. The number of rotatable bonds is 5. The fourth-order valence-corrected chi connectivity index (χ4v) is 3.17. The standard InChI is InChI=1S/C14H15N3O7S2/c1-8-3-12(15)14(24-2)7-13(8)17-16-9-4-10(25(18,19)20)6-11(5-9)26(21,22)23/h3-7H,15H2,1-2H3,(H,18,19,20)(H,21,22,23). The van der Waals surface area contributed by atoms with E-state index in [-0.39, 0.29) is 5.69 Å². The van der Waals surface area contributed by atoms with Crippen LogP contribution < -0.4 is 10.5 Å². The Morgan fingerprint density at radius 3 is 1.92 bits per heavy atom. The van der Waals surface area contributed by atoms with Crippen LogP contribution in [0.5, 0.6) is 5.75 Å². The van der Waals surface area contributed by atoms with Gasteiger partial charge in [-0.05, 0) is 36.8 Å². The van der Waals surface area contributed by atoms with Gasteiger partial charge in [0.2, 0.25) is 0 Å². The van der Waals surface area contributed by atoms with E-state index >= 15 is 0 Å². The van der Waals surface area contributed by atoms with Gasteiger partial charge in [0.05, 0.1) is 34.0 Å². The van der Waals surface area contributed by atoms with Gasteiger partial charge in [-0.2, -0.15) is 27.1 Å². The summed E-state index contributed by atoms with van der Waals surface area (Å²) >= 11 is 0. The zero-order chi connectivity index (χ0) is 19.7. The molecule has 0 aliphatic heterocycles. The number of hydrogen-bond donors (Lipinski definition) is 3. The van der Waals surface area contributed by atoms with Crippen molar-refractivity contribution in [1.29, 1.82) is 0 Å². The van der Waals surface area contributed by atoms with Gasteiger partial charge in [-0.1, -0.05) is 0 Å². The fourth-order valence-electron chi connectivity index (χ4n) is 2.01. The summed E-state index contributed by atoms with van der Waals surface area (Å²) in [5, 5.41) is 7.68. The van der Waals surface area contributed by atoms with E-state index in [1.165, 1.54) is 13.2 Å². The van der Waals surface area contributed by atoms with E-state index in [0.29, 0.717) is 28.8 Å². The van der Waals surface area contributed by atoms with Gasteiger partial charge < -0.3 is 10.5 Å². The molecule has 2 aromatic rings. The van der Waals surface area contributed by atoms with Crippen LogP contribution in [0, 0.1) is 6.92 Å². The van der Waals surface area contributed by atoms with Crippen molar-refractivity contribution < 1.29 is 30.7 Å². The number of benzene rings is 2. The van der Waals surface area contributed by atoms with Crippen molar-refractivity contribution in [3.8, 4) is 5.75 Å². The molecule has 0 aromatic heterocycles. The Kier molecular flexibility index (Phi) is 5.32. The van der Waals surface area contributed by atoms with Crippen molar-refractivity contribution in [1.82, 2.24) is 0 Å². The van der Waals surface area contributed by atoms with Crippen LogP contribution in [0.2, 0.25) is 0 Å². The number of nitrogens with two attached hydrogens (primary N) is 1. The van der Waals surface area contributed by atoms with E-state index in [0.717, 1.165) is 12.1 Å². The Bertz CT molecular complexity index is 1040. The number of hydrogen-bond acceptors (Lipinski definition) is 8. The van der Waals surface area contributed by atoms with Crippen molar-refractivity contribution in [3.63, 3.8) is 0 Å². The molecule has 10 nitrogen and oxygen atoms in total. The van der Waals surface area contributed by atoms with Crippen LogP contribution in [-0.4, -0.2) is 33.1 Å². The molecule has 0 aliphatic carbocycles. The predicted octanol–water partition coefficient (Wildman–Crippen LogP) is 2.49. The maximum Gasteiger partial charge on any atom is 0.294 e.